The third-order valence-corrected chi connectivity index (χ3v) is 3.76. The fourth-order valence-electron chi connectivity index (χ4n) is 2.59. The smallest absolute Gasteiger partial charge is 0.0640 e. The van der Waals surface area contributed by atoms with E-state index in [4.69, 9.17) is 4.74 Å². The van der Waals surface area contributed by atoms with Gasteiger partial charge in [-0.2, -0.15) is 5.10 Å². The number of likely N-dealkylation sites (N-methyl/N-ethyl adjacent to an activating group) is 1. The van der Waals surface area contributed by atoms with Crippen molar-refractivity contribution in [2.45, 2.75) is 45.2 Å². The number of nitrogens with one attached hydrogen (secondary N) is 1. The molecule has 18 heavy (non-hydrogen) atoms. The summed E-state index contributed by atoms with van der Waals surface area (Å²) >= 11 is 0. The fraction of sp³-hybridized carbons (Fsp3) is 0.786. The predicted molar refractivity (Wildman–Crippen MR) is 72.7 cm³/mol. The summed E-state index contributed by atoms with van der Waals surface area (Å²) < 4.78 is 7.61. The monoisotopic (exact) mass is 251 g/mol. The number of nitrogens with zero attached hydrogens (tertiary/aromatic N) is 2. The van der Waals surface area contributed by atoms with Gasteiger partial charge in [-0.15, -0.1) is 0 Å². The van der Waals surface area contributed by atoms with Crippen molar-refractivity contribution in [1.29, 1.82) is 0 Å². The van der Waals surface area contributed by atoms with Crippen molar-refractivity contribution in [3.8, 4) is 0 Å². The summed E-state index contributed by atoms with van der Waals surface area (Å²) in [5.41, 5.74) is 1.17. The summed E-state index contributed by atoms with van der Waals surface area (Å²) in [6.45, 7) is 6.12. The Hall–Kier alpha value is -0.870. The van der Waals surface area contributed by atoms with Gasteiger partial charge < -0.3 is 10.1 Å². The van der Waals surface area contributed by atoms with Gasteiger partial charge in [0.15, 0.2) is 0 Å². The van der Waals surface area contributed by atoms with Crippen molar-refractivity contribution < 1.29 is 4.74 Å². The maximum atomic E-state index is 5.58. The fourth-order valence-corrected chi connectivity index (χ4v) is 2.59. The Balaban J connectivity index is 1.95. The molecule has 1 N–H and O–H groups in total. The molecule has 0 aromatic carbocycles. The van der Waals surface area contributed by atoms with E-state index in [9.17, 15) is 0 Å². The molecule has 102 valence electrons. The minimum Gasteiger partial charge on any atom is -0.381 e. The molecule has 0 bridgehead atoms. The van der Waals surface area contributed by atoms with Gasteiger partial charge in [0, 0.05) is 31.3 Å². The molecule has 4 heteroatoms. The quantitative estimate of drug-likeness (QED) is 0.870. The van der Waals surface area contributed by atoms with E-state index in [-0.39, 0.29) is 0 Å². The second-order valence-electron chi connectivity index (χ2n) is 5.46. The van der Waals surface area contributed by atoms with Gasteiger partial charge in [-0.1, -0.05) is 0 Å². The summed E-state index contributed by atoms with van der Waals surface area (Å²) in [5.74, 6) is 0.618. The Kier molecular flexibility index (Phi) is 4.78. The number of hydrogen-bond acceptors (Lipinski definition) is 3. The maximum Gasteiger partial charge on any atom is 0.0640 e. The summed E-state index contributed by atoms with van der Waals surface area (Å²) in [7, 11) is 2.04. The molecule has 1 aliphatic heterocycles. The van der Waals surface area contributed by atoms with Crippen LogP contribution >= 0.6 is 0 Å². The first kappa shape index (κ1) is 13.6. The van der Waals surface area contributed by atoms with Crippen molar-refractivity contribution in [2.24, 2.45) is 5.92 Å². The zero-order valence-electron chi connectivity index (χ0n) is 11.7. The molecular formula is C14H25N3O. The van der Waals surface area contributed by atoms with Gasteiger partial charge in [-0.25, -0.2) is 0 Å². The summed E-state index contributed by atoms with van der Waals surface area (Å²) in [6, 6.07) is 3.04. The normalized spacial score (nSPS) is 22.3. The molecule has 1 aliphatic rings. The molecular weight excluding hydrogens is 226 g/mol. The van der Waals surface area contributed by atoms with Gasteiger partial charge in [0.05, 0.1) is 12.3 Å². The molecule has 1 saturated heterocycles. The van der Waals surface area contributed by atoms with Crippen LogP contribution < -0.4 is 5.32 Å². The highest BCUT2D eigenvalue weighted by molar-refractivity contribution is 5.03. The largest absolute Gasteiger partial charge is 0.381 e. The minimum absolute atomic E-state index is 0.435. The SMILES string of the molecule is CNC(Cc1ccn(C(C)C)n1)C1CCCOC1. The van der Waals surface area contributed by atoms with E-state index in [1.54, 1.807) is 0 Å². The van der Waals surface area contributed by atoms with Gasteiger partial charge in [-0.05, 0) is 45.7 Å². The van der Waals surface area contributed by atoms with Crippen LogP contribution in [0.3, 0.4) is 0 Å². The lowest BCUT2D eigenvalue weighted by molar-refractivity contribution is 0.0403. The number of hydrogen-bond donors (Lipinski definition) is 1. The highest BCUT2D eigenvalue weighted by atomic mass is 16.5. The van der Waals surface area contributed by atoms with E-state index < -0.39 is 0 Å². The van der Waals surface area contributed by atoms with Crippen molar-refractivity contribution in [3.63, 3.8) is 0 Å². The van der Waals surface area contributed by atoms with E-state index >= 15 is 0 Å². The van der Waals surface area contributed by atoms with Gasteiger partial charge in [0.25, 0.3) is 0 Å². The number of ether oxygens (including phenoxy) is 1. The Bertz CT molecular complexity index is 356. The van der Waals surface area contributed by atoms with E-state index in [1.165, 1.54) is 18.5 Å². The van der Waals surface area contributed by atoms with E-state index in [0.29, 0.717) is 18.0 Å². The molecule has 4 nitrogen and oxygen atoms in total. The zero-order valence-corrected chi connectivity index (χ0v) is 11.7. The van der Waals surface area contributed by atoms with E-state index in [2.05, 4.69) is 36.5 Å². The van der Waals surface area contributed by atoms with Gasteiger partial charge in [0.1, 0.15) is 0 Å². The van der Waals surface area contributed by atoms with Crippen LogP contribution in [0.4, 0.5) is 0 Å². The molecule has 0 amide bonds. The molecule has 2 unspecified atom stereocenters. The van der Waals surface area contributed by atoms with E-state index in [0.717, 1.165) is 19.6 Å². The zero-order chi connectivity index (χ0) is 13.0. The molecule has 0 radical (unpaired) electrons. The Labute approximate surface area is 110 Å². The summed E-state index contributed by atoms with van der Waals surface area (Å²) in [6.07, 6.45) is 5.51. The Morgan fingerprint density at radius 2 is 2.39 bits per heavy atom. The third-order valence-electron chi connectivity index (χ3n) is 3.76. The van der Waals surface area contributed by atoms with Crippen molar-refractivity contribution in [3.05, 3.63) is 18.0 Å². The highest BCUT2D eigenvalue weighted by Crippen LogP contribution is 2.20. The van der Waals surface area contributed by atoms with Crippen LogP contribution in [0.1, 0.15) is 38.4 Å². The Morgan fingerprint density at radius 1 is 1.56 bits per heavy atom. The lowest BCUT2D eigenvalue weighted by atomic mass is 9.91. The van der Waals surface area contributed by atoms with Crippen LogP contribution in [0.2, 0.25) is 0 Å². The molecule has 1 aromatic heterocycles. The van der Waals surface area contributed by atoms with Gasteiger partial charge in [0.2, 0.25) is 0 Å². The molecule has 2 heterocycles. The molecule has 2 atom stereocenters. The maximum absolute atomic E-state index is 5.58. The van der Waals surface area contributed by atoms with Crippen LogP contribution in [0.15, 0.2) is 12.3 Å². The summed E-state index contributed by atoms with van der Waals surface area (Å²) in [4.78, 5) is 0. The lowest BCUT2D eigenvalue weighted by Gasteiger charge is -2.29. The first-order chi connectivity index (χ1) is 8.70. The number of aromatic nitrogens is 2. The van der Waals surface area contributed by atoms with Crippen LogP contribution in [0.25, 0.3) is 0 Å². The topological polar surface area (TPSA) is 39.1 Å². The van der Waals surface area contributed by atoms with Crippen molar-refractivity contribution in [2.75, 3.05) is 20.3 Å². The lowest BCUT2D eigenvalue weighted by Crippen LogP contribution is -2.40. The standard InChI is InChI=1S/C14H25N3O/c1-11(2)17-7-6-13(16-17)9-14(15-3)12-5-4-8-18-10-12/h6-7,11-12,14-15H,4-5,8-10H2,1-3H3. The predicted octanol–water partition coefficient (Wildman–Crippen LogP) is 2.02. The van der Waals surface area contributed by atoms with Gasteiger partial charge >= 0.3 is 0 Å². The summed E-state index contributed by atoms with van der Waals surface area (Å²) in [5, 5.41) is 8.06. The van der Waals surface area contributed by atoms with Crippen molar-refractivity contribution >= 4 is 0 Å². The highest BCUT2D eigenvalue weighted by Gasteiger charge is 2.23. The number of rotatable bonds is 5. The molecule has 0 aliphatic carbocycles. The third kappa shape index (κ3) is 3.33. The Morgan fingerprint density at radius 3 is 2.94 bits per heavy atom. The average Bonchev–Trinajstić information content (AvgIpc) is 2.86. The minimum atomic E-state index is 0.435. The van der Waals surface area contributed by atoms with Crippen molar-refractivity contribution in [1.82, 2.24) is 15.1 Å². The average molecular weight is 251 g/mol. The molecule has 1 aromatic rings. The van der Waals surface area contributed by atoms with E-state index in [1.807, 2.05) is 11.7 Å². The second-order valence-corrected chi connectivity index (χ2v) is 5.46. The van der Waals surface area contributed by atoms with Crippen LogP contribution in [-0.2, 0) is 11.2 Å². The van der Waals surface area contributed by atoms with Crippen LogP contribution in [0, 0.1) is 5.92 Å². The molecule has 0 spiro atoms. The van der Waals surface area contributed by atoms with Gasteiger partial charge in [-0.3, -0.25) is 4.68 Å². The molecule has 1 fully saturated rings. The van der Waals surface area contributed by atoms with Crippen LogP contribution in [-0.4, -0.2) is 36.1 Å². The first-order valence-corrected chi connectivity index (χ1v) is 6.99. The molecule has 2 rings (SSSR count). The van der Waals surface area contributed by atoms with Crippen LogP contribution in [0.5, 0.6) is 0 Å². The molecule has 0 saturated carbocycles. The second kappa shape index (κ2) is 6.34. The first-order valence-electron chi connectivity index (χ1n) is 6.99.